The molecule has 1 aromatic heterocycles. The molecule has 1 amide bonds. The van der Waals surface area contributed by atoms with Crippen LogP contribution in [0.25, 0.3) is 0 Å². The number of ether oxygens (including phenoxy) is 2. The molecule has 1 unspecified atom stereocenters. The first kappa shape index (κ1) is 24.5. The third-order valence-corrected chi connectivity index (χ3v) is 8.00. The normalized spacial score (nSPS) is 17.0. The number of carbonyl (C=O) groups is 1. The number of carbonyl (C=O) groups excluding carboxylic acids is 1. The zero-order valence-electron chi connectivity index (χ0n) is 20.4. The molecule has 1 atom stereocenters. The van der Waals surface area contributed by atoms with E-state index >= 15 is 4.39 Å². The second-order valence-electron chi connectivity index (χ2n) is 8.97. The minimum Gasteiger partial charge on any atom is -0.382 e. The number of halogens is 1. The summed E-state index contributed by atoms with van der Waals surface area (Å²) < 4.78 is 27.7. The highest BCUT2D eigenvalue weighted by Crippen LogP contribution is 2.43. The highest BCUT2D eigenvalue weighted by Gasteiger charge is 2.40. The molecule has 5 rings (SSSR count). The van der Waals surface area contributed by atoms with Gasteiger partial charge in [-0.25, -0.2) is 4.39 Å². The smallest absolute Gasteiger partial charge is 0.274 e. The Hall–Kier alpha value is -3.14. The van der Waals surface area contributed by atoms with Crippen molar-refractivity contribution in [3.8, 4) is 0 Å². The summed E-state index contributed by atoms with van der Waals surface area (Å²) >= 11 is 1.48. The van der Waals surface area contributed by atoms with Gasteiger partial charge in [0.15, 0.2) is 5.43 Å². The van der Waals surface area contributed by atoms with Crippen LogP contribution in [-0.4, -0.2) is 55.6 Å². The molecule has 0 fully saturated rings. The molecule has 2 aromatic carbocycles. The van der Waals surface area contributed by atoms with Crippen LogP contribution in [0.4, 0.5) is 4.39 Å². The van der Waals surface area contributed by atoms with Crippen molar-refractivity contribution in [2.45, 2.75) is 29.7 Å². The lowest BCUT2D eigenvalue weighted by atomic mass is 9.94. The monoisotopic (exact) mass is 509 g/mol. The number of nitrogens with zero attached hydrogens (tertiary/aromatic N) is 3. The second-order valence-corrected chi connectivity index (χ2v) is 9.95. The Bertz CT molecular complexity index is 1360. The van der Waals surface area contributed by atoms with Crippen molar-refractivity contribution in [3.63, 3.8) is 0 Å². The Morgan fingerprint density at radius 3 is 2.50 bits per heavy atom. The van der Waals surface area contributed by atoms with Gasteiger partial charge in [-0.2, -0.15) is 0 Å². The number of benzene rings is 2. The third-order valence-electron chi connectivity index (χ3n) is 6.83. The molecular weight excluding hydrogens is 481 g/mol. The van der Waals surface area contributed by atoms with Gasteiger partial charge in [0.25, 0.3) is 5.91 Å². The fourth-order valence-electron chi connectivity index (χ4n) is 5.09. The number of hydrogen-bond donors (Lipinski definition) is 0. The van der Waals surface area contributed by atoms with E-state index in [-0.39, 0.29) is 43.1 Å². The van der Waals surface area contributed by atoms with Gasteiger partial charge in [0.2, 0.25) is 0 Å². The molecule has 7 nitrogen and oxygen atoms in total. The molecule has 2 aliphatic heterocycles. The van der Waals surface area contributed by atoms with Gasteiger partial charge in [0.1, 0.15) is 18.2 Å². The van der Waals surface area contributed by atoms with Crippen molar-refractivity contribution < 1.29 is 18.7 Å². The van der Waals surface area contributed by atoms with Gasteiger partial charge >= 0.3 is 0 Å². The van der Waals surface area contributed by atoms with Gasteiger partial charge in [0.05, 0.1) is 25.3 Å². The molecule has 36 heavy (non-hydrogen) atoms. The predicted molar refractivity (Wildman–Crippen MR) is 136 cm³/mol. The zero-order valence-corrected chi connectivity index (χ0v) is 21.3. The van der Waals surface area contributed by atoms with Crippen LogP contribution in [-0.2, 0) is 15.2 Å². The zero-order chi connectivity index (χ0) is 25.4. The standard InChI is InChI=1S/C27H28FN3O4S/c1-17-23(32)11-12-30-24(17)27(33)29(19(13-34-2)14-35-3)16-31(30)25-20-8-5-4-7-18(20)15-36-26-21(25)9-6-10-22(26)28/h4-12,19,25H,13-16H2,1-3H3. The van der Waals surface area contributed by atoms with E-state index in [0.29, 0.717) is 21.9 Å². The van der Waals surface area contributed by atoms with Crippen molar-refractivity contribution in [1.82, 2.24) is 9.58 Å². The Labute approximate surface area is 213 Å². The Balaban J connectivity index is 1.76. The van der Waals surface area contributed by atoms with E-state index in [1.165, 1.54) is 23.9 Å². The maximum absolute atomic E-state index is 15.1. The Morgan fingerprint density at radius 2 is 1.75 bits per heavy atom. The van der Waals surface area contributed by atoms with E-state index in [1.54, 1.807) is 43.0 Å². The van der Waals surface area contributed by atoms with Crippen LogP contribution in [0.2, 0.25) is 0 Å². The van der Waals surface area contributed by atoms with Crippen LogP contribution < -0.4 is 10.4 Å². The summed E-state index contributed by atoms with van der Waals surface area (Å²) in [6.45, 7) is 2.41. The van der Waals surface area contributed by atoms with Crippen molar-refractivity contribution in [3.05, 3.63) is 98.7 Å². The highest BCUT2D eigenvalue weighted by molar-refractivity contribution is 7.98. The van der Waals surface area contributed by atoms with Gasteiger partial charge in [-0.1, -0.05) is 36.4 Å². The molecule has 9 heteroatoms. The Morgan fingerprint density at radius 1 is 1.03 bits per heavy atom. The van der Waals surface area contributed by atoms with Crippen molar-refractivity contribution in [2.24, 2.45) is 0 Å². The first-order chi connectivity index (χ1) is 17.5. The van der Waals surface area contributed by atoms with Crippen LogP contribution in [0.5, 0.6) is 0 Å². The van der Waals surface area contributed by atoms with Gasteiger partial charge < -0.3 is 14.4 Å². The average Bonchev–Trinajstić information content (AvgIpc) is 3.04. The molecule has 0 aliphatic carbocycles. The number of aromatic nitrogens is 1. The van der Waals surface area contributed by atoms with Crippen molar-refractivity contribution in [2.75, 3.05) is 39.1 Å². The minimum atomic E-state index is -0.399. The van der Waals surface area contributed by atoms with E-state index < -0.39 is 6.04 Å². The predicted octanol–water partition coefficient (Wildman–Crippen LogP) is 3.70. The maximum Gasteiger partial charge on any atom is 0.274 e. The number of methoxy groups -OCH3 is 2. The largest absolute Gasteiger partial charge is 0.382 e. The molecule has 188 valence electrons. The summed E-state index contributed by atoms with van der Waals surface area (Å²) in [6.07, 6.45) is 1.64. The van der Waals surface area contributed by atoms with E-state index in [2.05, 4.69) is 12.1 Å². The van der Waals surface area contributed by atoms with Crippen LogP contribution in [0.1, 0.15) is 38.8 Å². The second kappa shape index (κ2) is 10.1. The van der Waals surface area contributed by atoms with E-state index in [9.17, 15) is 9.59 Å². The third kappa shape index (κ3) is 4.11. The lowest BCUT2D eigenvalue weighted by Crippen LogP contribution is -2.60. The SMILES string of the molecule is COCC(COC)N1CN(C2c3ccccc3CSc3c(F)cccc32)n2ccc(=O)c(C)c2C1=O. The number of pyridine rings is 1. The Kier molecular flexibility index (Phi) is 6.87. The number of fused-ring (bicyclic) bond motifs is 3. The fourth-order valence-corrected chi connectivity index (χ4v) is 6.20. The average molecular weight is 510 g/mol. The van der Waals surface area contributed by atoms with E-state index in [4.69, 9.17) is 9.47 Å². The first-order valence-electron chi connectivity index (χ1n) is 11.7. The van der Waals surface area contributed by atoms with Crippen molar-refractivity contribution >= 4 is 17.7 Å². The summed E-state index contributed by atoms with van der Waals surface area (Å²) in [6, 6.07) is 13.9. The number of hydrogen-bond acceptors (Lipinski definition) is 6. The summed E-state index contributed by atoms with van der Waals surface area (Å²) in [7, 11) is 3.16. The molecule has 2 aliphatic rings. The molecule has 0 spiro atoms. The summed E-state index contributed by atoms with van der Waals surface area (Å²) in [5, 5.41) is 2.03. The maximum atomic E-state index is 15.1. The number of thioether (sulfide) groups is 1. The highest BCUT2D eigenvalue weighted by atomic mass is 32.2. The topological polar surface area (TPSA) is 64.0 Å². The van der Waals surface area contributed by atoms with Crippen molar-refractivity contribution in [1.29, 1.82) is 0 Å². The molecule has 0 radical (unpaired) electrons. The van der Waals surface area contributed by atoms with Gasteiger partial charge in [-0.3, -0.25) is 19.3 Å². The van der Waals surface area contributed by atoms with E-state index in [0.717, 1.165) is 16.7 Å². The first-order valence-corrected chi connectivity index (χ1v) is 12.7. The van der Waals surface area contributed by atoms with Crippen LogP contribution in [0.3, 0.4) is 0 Å². The lowest BCUT2D eigenvalue weighted by Gasteiger charge is -2.46. The summed E-state index contributed by atoms with van der Waals surface area (Å²) in [4.78, 5) is 28.7. The van der Waals surface area contributed by atoms with Gasteiger partial charge in [-0.05, 0) is 29.7 Å². The number of rotatable bonds is 6. The molecular formula is C27H28FN3O4S. The van der Waals surface area contributed by atoms with Gasteiger partial charge in [-0.15, -0.1) is 11.8 Å². The van der Waals surface area contributed by atoms with Crippen LogP contribution >= 0.6 is 11.8 Å². The molecule has 3 heterocycles. The molecule has 0 bridgehead atoms. The van der Waals surface area contributed by atoms with Crippen LogP contribution in [0, 0.1) is 12.7 Å². The molecule has 0 saturated carbocycles. The summed E-state index contributed by atoms with van der Waals surface area (Å²) in [5.41, 5.74) is 3.38. The van der Waals surface area contributed by atoms with Gasteiger partial charge in [0, 0.05) is 42.7 Å². The quantitative estimate of drug-likeness (QED) is 0.505. The summed E-state index contributed by atoms with van der Waals surface area (Å²) in [5.74, 6) is 0.0906. The molecule has 0 N–H and O–H groups in total. The lowest BCUT2D eigenvalue weighted by molar-refractivity contribution is 0.0206. The molecule has 0 saturated heterocycles. The van der Waals surface area contributed by atoms with Crippen LogP contribution in [0.15, 0.2) is 64.4 Å². The fraction of sp³-hybridized carbons (Fsp3) is 0.333. The number of amides is 1. The van der Waals surface area contributed by atoms with E-state index in [1.807, 2.05) is 23.2 Å². The molecule has 3 aromatic rings. The minimum absolute atomic E-state index is 0.200.